The van der Waals surface area contributed by atoms with Crippen molar-refractivity contribution in [2.24, 2.45) is 0 Å². The van der Waals surface area contributed by atoms with E-state index in [1.165, 1.54) is 114 Å². The highest BCUT2D eigenvalue weighted by Crippen LogP contribution is 2.14. The van der Waals surface area contributed by atoms with E-state index in [0.29, 0.717) is 0 Å². The molecule has 0 amide bonds. The third-order valence-electron chi connectivity index (χ3n) is 4.57. The molecular formula is C20H44OSSi. The molecule has 0 unspecified atom stereocenters. The second-order valence-corrected chi connectivity index (χ2v) is 8.71. The predicted molar refractivity (Wildman–Crippen MR) is 113 cm³/mol. The van der Waals surface area contributed by atoms with Crippen LogP contribution in [-0.2, 0) is 4.43 Å². The minimum Gasteiger partial charge on any atom is -0.427 e. The highest BCUT2D eigenvalue weighted by Gasteiger charge is 1.95. The van der Waals surface area contributed by atoms with Crippen LogP contribution in [0.4, 0.5) is 0 Å². The molecule has 0 aliphatic carbocycles. The van der Waals surface area contributed by atoms with Crippen LogP contribution in [-0.4, -0.2) is 28.6 Å². The van der Waals surface area contributed by atoms with Crippen LogP contribution < -0.4 is 0 Å². The van der Waals surface area contributed by atoms with Gasteiger partial charge in [0.2, 0.25) is 0 Å². The minimum atomic E-state index is 0.897. The molecule has 1 nitrogen and oxygen atoms in total. The Balaban J connectivity index is 2.92. The maximum Gasteiger partial charge on any atom is 0.146 e. The summed E-state index contributed by atoms with van der Waals surface area (Å²) in [5.74, 6) is 2.53. The third-order valence-corrected chi connectivity index (χ3v) is 6.01. The Morgan fingerprint density at radius 2 is 0.957 bits per heavy atom. The molecule has 3 heteroatoms. The van der Waals surface area contributed by atoms with Crippen molar-refractivity contribution in [2.45, 2.75) is 110 Å². The highest BCUT2D eigenvalue weighted by atomic mass is 32.2. The normalized spacial score (nSPS) is 11.3. The molecule has 0 heterocycles. The molecule has 140 valence electrons. The largest absolute Gasteiger partial charge is 0.427 e. The van der Waals surface area contributed by atoms with Crippen LogP contribution in [0.3, 0.4) is 0 Å². The second-order valence-electron chi connectivity index (χ2n) is 6.91. The lowest BCUT2D eigenvalue weighted by molar-refractivity contribution is 0.380. The Hall–Kier alpha value is 0.527. The summed E-state index contributed by atoms with van der Waals surface area (Å²) in [6.45, 7) is 3.26. The summed E-state index contributed by atoms with van der Waals surface area (Å²) in [5, 5.41) is 0. The SMILES string of the molecule is CCCCCCCCCCCCCCCCCCSCCO[SiH3]. The number of thioether (sulfide) groups is 1. The van der Waals surface area contributed by atoms with E-state index in [0.717, 1.165) is 17.1 Å². The standard InChI is InChI=1S/C20H44OSSi/c1-2-3-4-5-6-7-8-9-10-11-12-13-14-15-16-17-19-22-20-18-21-23/h2-20H2,1,23H3. The van der Waals surface area contributed by atoms with Gasteiger partial charge >= 0.3 is 0 Å². The molecule has 0 aliphatic rings. The van der Waals surface area contributed by atoms with Gasteiger partial charge in [0.1, 0.15) is 10.5 Å². The molecule has 0 N–H and O–H groups in total. The van der Waals surface area contributed by atoms with Crippen LogP contribution in [0.2, 0.25) is 0 Å². The molecule has 0 radical (unpaired) electrons. The van der Waals surface area contributed by atoms with Gasteiger partial charge < -0.3 is 4.43 Å². The van der Waals surface area contributed by atoms with Gasteiger partial charge in [0.25, 0.3) is 0 Å². The Bertz CT molecular complexity index is 182. The maximum absolute atomic E-state index is 5.19. The quantitative estimate of drug-likeness (QED) is 0.187. The Kier molecular flexibility index (Phi) is 23.0. The molecule has 0 aromatic heterocycles. The topological polar surface area (TPSA) is 9.23 Å². The van der Waals surface area contributed by atoms with Crippen molar-refractivity contribution in [2.75, 3.05) is 18.1 Å². The monoisotopic (exact) mass is 360 g/mol. The summed E-state index contributed by atoms with van der Waals surface area (Å²) >= 11 is 2.06. The first kappa shape index (κ1) is 23.5. The lowest BCUT2D eigenvalue weighted by Gasteiger charge is -2.04. The molecule has 0 aromatic carbocycles. The van der Waals surface area contributed by atoms with Gasteiger partial charge in [0.15, 0.2) is 0 Å². The molecule has 0 spiro atoms. The van der Waals surface area contributed by atoms with Crippen molar-refractivity contribution >= 4 is 22.2 Å². The first-order valence-corrected chi connectivity index (χ1v) is 12.5. The lowest BCUT2D eigenvalue weighted by atomic mass is 10.0. The minimum absolute atomic E-state index is 0.897. The van der Waals surface area contributed by atoms with Gasteiger partial charge in [-0.3, -0.25) is 0 Å². The summed E-state index contributed by atoms with van der Waals surface area (Å²) in [6, 6.07) is 0. The van der Waals surface area contributed by atoms with Crippen LogP contribution in [0.5, 0.6) is 0 Å². The molecule has 0 atom stereocenters. The first-order valence-electron chi connectivity index (χ1n) is 10.5. The fourth-order valence-corrected chi connectivity index (χ4v) is 4.39. The second kappa shape index (κ2) is 22.5. The number of hydrogen-bond acceptors (Lipinski definition) is 2. The fraction of sp³-hybridized carbons (Fsp3) is 1.00. The Morgan fingerprint density at radius 3 is 1.35 bits per heavy atom. The van der Waals surface area contributed by atoms with E-state index in [1.807, 2.05) is 0 Å². The number of unbranched alkanes of at least 4 members (excludes halogenated alkanes) is 15. The molecule has 0 fully saturated rings. The third kappa shape index (κ3) is 22.5. The molecule has 0 rings (SSSR count). The van der Waals surface area contributed by atoms with Crippen LogP contribution >= 0.6 is 11.8 Å². The molecular weight excluding hydrogens is 316 g/mol. The van der Waals surface area contributed by atoms with Crippen LogP contribution in [0.25, 0.3) is 0 Å². The smallest absolute Gasteiger partial charge is 0.146 e. The van der Waals surface area contributed by atoms with Crippen molar-refractivity contribution in [1.82, 2.24) is 0 Å². The predicted octanol–water partition coefficient (Wildman–Crippen LogP) is 6.28. The summed E-state index contributed by atoms with van der Waals surface area (Å²) in [5.41, 5.74) is 0. The summed E-state index contributed by atoms with van der Waals surface area (Å²) in [6.07, 6.45) is 23.3. The zero-order valence-corrected chi connectivity index (χ0v) is 19.1. The van der Waals surface area contributed by atoms with Crippen molar-refractivity contribution in [3.8, 4) is 0 Å². The maximum atomic E-state index is 5.19. The van der Waals surface area contributed by atoms with Crippen molar-refractivity contribution in [1.29, 1.82) is 0 Å². The van der Waals surface area contributed by atoms with E-state index in [-0.39, 0.29) is 0 Å². The van der Waals surface area contributed by atoms with Crippen LogP contribution in [0.15, 0.2) is 0 Å². The molecule has 0 bridgehead atoms. The Morgan fingerprint density at radius 1 is 0.565 bits per heavy atom. The van der Waals surface area contributed by atoms with Crippen molar-refractivity contribution in [3.63, 3.8) is 0 Å². The van der Waals surface area contributed by atoms with Gasteiger partial charge in [-0.25, -0.2) is 0 Å². The number of hydrogen-bond donors (Lipinski definition) is 0. The van der Waals surface area contributed by atoms with E-state index in [1.54, 1.807) is 0 Å². The molecule has 0 saturated heterocycles. The summed E-state index contributed by atoms with van der Waals surface area (Å²) < 4.78 is 5.19. The molecule has 0 saturated carbocycles. The van der Waals surface area contributed by atoms with Crippen LogP contribution in [0.1, 0.15) is 110 Å². The van der Waals surface area contributed by atoms with Crippen molar-refractivity contribution in [3.05, 3.63) is 0 Å². The average molecular weight is 361 g/mol. The van der Waals surface area contributed by atoms with E-state index in [9.17, 15) is 0 Å². The van der Waals surface area contributed by atoms with Crippen LogP contribution in [0, 0.1) is 0 Å². The zero-order valence-electron chi connectivity index (χ0n) is 16.3. The molecule has 0 aromatic rings. The first-order chi connectivity index (χ1) is 11.4. The van der Waals surface area contributed by atoms with Crippen molar-refractivity contribution < 1.29 is 4.43 Å². The van der Waals surface area contributed by atoms with E-state index >= 15 is 0 Å². The zero-order chi connectivity index (χ0) is 16.8. The Labute approximate surface area is 154 Å². The summed E-state index contributed by atoms with van der Waals surface area (Å²) in [7, 11) is 0.897. The summed E-state index contributed by atoms with van der Waals surface area (Å²) in [4.78, 5) is 0. The van der Waals surface area contributed by atoms with Gasteiger partial charge in [0, 0.05) is 12.4 Å². The number of rotatable bonds is 20. The van der Waals surface area contributed by atoms with E-state index < -0.39 is 0 Å². The van der Waals surface area contributed by atoms with E-state index in [2.05, 4.69) is 18.7 Å². The van der Waals surface area contributed by atoms with Gasteiger partial charge in [-0.1, -0.05) is 103 Å². The highest BCUT2D eigenvalue weighted by molar-refractivity contribution is 7.99. The lowest BCUT2D eigenvalue weighted by Crippen LogP contribution is -1.94. The van der Waals surface area contributed by atoms with Gasteiger partial charge in [0.05, 0.1) is 0 Å². The van der Waals surface area contributed by atoms with Gasteiger partial charge in [-0.15, -0.1) is 0 Å². The average Bonchev–Trinajstić information content (AvgIpc) is 2.57. The molecule has 23 heavy (non-hydrogen) atoms. The van der Waals surface area contributed by atoms with Gasteiger partial charge in [-0.2, -0.15) is 11.8 Å². The fourth-order valence-electron chi connectivity index (χ4n) is 3.00. The molecule has 0 aliphatic heterocycles. The van der Waals surface area contributed by atoms with Gasteiger partial charge in [-0.05, 0) is 12.2 Å². The van der Waals surface area contributed by atoms with E-state index in [4.69, 9.17) is 4.43 Å².